The van der Waals surface area contributed by atoms with Crippen molar-refractivity contribution in [1.82, 2.24) is 20.5 Å². The number of amides is 1. The van der Waals surface area contributed by atoms with E-state index < -0.39 is 5.60 Å². The zero-order valence-electron chi connectivity index (χ0n) is 18.7. The maximum atomic E-state index is 12.6. The monoisotopic (exact) mass is 549 g/mol. The Labute approximate surface area is 201 Å². The highest BCUT2D eigenvalue weighted by molar-refractivity contribution is 14.0. The van der Waals surface area contributed by atoms with E-state index in [1.54, 1.807) is 11.3 Å². The Balaban J connectivity index is 0.00000320. The molecule has 30 heavy (non-hydrogen) atoms. The van der Waals surface area contributed by atoms with Gasteiger partial charge in [-0.05, 0) is 59.8 Å². The predicted molar refractivity (Wildman–Crippen MR) is 133 cm³/mol. The highest BCUT2D eigenvalue weighted by atomic mass is 127. The van der Waals surface area contributed by atoms with Gasteiger partial charge in [-0.3, -0.25) is 0 Å². The topological polar surface area (TPSA) is 78.9 Å². The minimum absolute atomic E-state index is 0. The summed E-state index contributed by atoms with van der Waals surface area (Å²) in [5.74, 6) is 0.830. The Morgan fingerprint density at radius 1 is 1.30 bits per heavy atom. The minimum atomic E-state index is -0.454. The number of aromatic nitrogens is 1. The van der Waals surface area contributed by atoms with Crippen molar-refractivity contribution in [3.05, 3.63) is 16.1 Å². The maximum absolute atomic E-state index is 12.6. The number of aliphatic imine (C=N–C) groups is 1. The lowest BCUT2D eigenvalue weighted by Gasteiger charge is -2.40. The molecule has 170 valence electrons. The van der Waals surface area contributed by atoms with Gasteiger partial charge in [-0.2, -0.15) is 0 Å². The minimum Gasteiger partial charge on any atom is -0.444 e. The van der Waals surface area contributed by atoms with E-state index in [0.717, 1.165) is 49.6 Å². The van der Waals surface area contributed by atoms with E-state index in [4.69, 9.17) is 9.73 Å². The predicted octanol–water partition coefficient (Wildman–Crippen LogP) is 4.31. The molecule has 0 aromatic carbocycles. The summed E-state index contributed by atoms with van der Waals surface area (Å²) in [5.41, 5.74) is -0.454. The molecule has 2 N–H and O–H groups in total. The first kappa shape index (κ1) is 25.2. The van der Waals surface area contributed by atoms with Crippen LogP contribution >= 0.6 is 35.3 Å². The lowest BCUT2D eigenvalue weighted by molar-refractivity contribution is 0.00545. The van der Waals surface area contributed by atoms with Crippen molar-refractivity contribution < 1.29 is 9.53 Å². The molecular weight excluding hydrogens is 513 g/mol. The standard InChI is InChI=1S/C21H35N5O2S.HI/c1-6-17-12-23-18(29-17)13-24-19(22-7-2)25-14-10-15-8-9-16(11-14)26(15)20(27)28-21(3,4)5;/h12,14-16H,6-11,13H2,1-5H3,(H2,22,24,25);1H. The van der Waals surface area contributed by atoms with Crippen LogP contribution in [0.4, 0.5) is 4.79 Å². The smallest absolute Gasteiger partial charge is 0.410 e. The van der Waals surface area contributed by atoms with Crippen LogP contribution in [-0.2, 0) is 17.7 Å². The number of thiazole rings is 1. The highest BCUT2D eigenvalue weighted by Crippen LogP contribution is 2.36. The van der Waals surface area contributed by atoms with E-state index >= 15 is 0 Å². The molecule has 2 bridgehead atoms. The van der Waals surface area contributed by atoms with Crippen LogP contribution in [0.25, 0.3) is 0 Å². The largest absolute Gasteiger partial charge is 0.444 e. The van der Waals surface area contributed by atoms with Gasteiger partial charge in [-0.15, -0.1) is 35.3 Å². The van der Waals surface area contributed by atoms with Gasteiger partial charge in [0.05, 0.1) is 6.54 Å². The number of nitrogens with zero attached hydrogens (tertiary/aromatic N) is 3. The Bertz CT molecular complexity index is 719. The quantitative estimate of drug-likeness (QED) is 0.325. The molecule has 2 saturated heterocycles. The third-order valence-corrected chi connectivity index (χ3v) is 6.47. The van der Waals surface area contributed by atoms with E-state index in [9.17, 15) is 4.79 Å². The van der Waals surface area contributed by atoms with Crippen LogP contribution in [0.15, 0.2) is 11.2 Å². The van der Waals surface area contributed by atoms with Crippen molar-refractivity contribution in [2.45, 2.75) is 97.0 Å². The Kier molecular flexibility index (Phi) is 9.20. The number of rotatable bonds is 5. The number of aryl methyl sites for hydroxylation is 1. The number of carbonyl (C=O) groups excluding carboxylic acids is 1. The van der Waals surface area contributed by atoms with E-state index in [1.807, 2.05) is 31.9 Å². The molecular formula is C21H36IN5O2S. The van der Waals surface area contributed by atoms with Gasteiger partial charge in [0.2, 0.25) is 0 Å². The van der Waals surface area contributed by atoms with Crippen LogP contribution in [0.2, 0.25) is 0 Å². The summed E-state index contributed by atoms with van der Waals surface area (Å²) in [6.45, 7) is 11.4. The normalized spacial score (nSPS) is 23.7. The Hall–Kier alpha value is -1.10. The molecule has 9 heteroatoms. The number of nitrogens with one attached hydrogen (secondary N) is 2. The van der Waals surface area contributed by atoms with Gasteiger partial charge in [0.25, 0.3) is 0 Å². The molecule has 1 aromatic rings. The first-order valence-corrected chi connectivity index (χ1v) is 11.6. The molecule has 3 rings (SSSR count). The van der Waals surface area contributed by atoms with Gasteiger partial charge in [-0.25, -0.2) is 14.8 Å². The molecule has 3 heterocycles. The highest BCUT2D eigenvalue weighted by Gasteiger charge is 2.45. The molecule has 1 amide bonds. The molecule has 2 aliphatic heterocycles. The molecule has 0 spiro atoms. The second-order valence-corrected chi connectivity index (χ2v) is 10.1. The van der Waals surface area contributed by atoms with Crippen LogP contribution in [0.5, 0.6) is 0 Å². The summed E-state index contributed by atoms with van der Waals surface area (Å²) in [7, 11) is 0. The third kappa shape index (κ3) is 6.70. The number of guanidine groups is 1. The molecule has 2 atom stereocenters. The fraction of sp³-hybridized carbons (Fsp3) is 0.762. The van der Waals surface area contributed by atoms with Crippen LogP contribution in [0.3, 0.4) is 0 Å². The summed E-state index contributed by atoms with van der Waals surface area (Å²) in [4.78, 5) is 25.1. The summed E-state index contributed by atoms with van der Waals surface area (Å²) in [6.07, 6.45) is 6.75. The lowest BCUT2D eigenvalue weighted by Crippen LogP contribution is -2.55. The third-order valence-electron chi connectivity index (χ3n) is 5.34. The van der Waals surface area contributed by atoms with Crippen molar-refractivity contribution in [3.8, 4) is 0 Å². The van der Waals surface area contributed by atoms with Crippen LogP contribution in [0, 0.1) is 0 Å². The molecule has 7 nitrogen and oxygen atoms in total. The zero-order valence-corrected chi connectivity index (χ0v) is 21.9. The van der Waals surface area contributed by atoms with Crippen molar-refractivity contribution >= 4 is 47.4 Å². The molecule has 0 radical (unpaired) electrons. The van der Waals surface area contributed by atoms with E-state index in [-0.39, 0.29) is 42.2 Å². The number of fused-ring (bicyclic) bond motifs is 2. The van der Waals surface area contributed by atoms with E-state index in [2.05, 4.69) is 29.5 Å². The first-order valence-electron chi connectivity index (χ1n) is 10.8. The molecule has 2 fully saturated rings. The number of halogens is 1. The van der Waals surface area contributed by atoms with Gasteiger partial charge in [0, 0.05) is 35.7 Å². The zero-order chi connectivity index (χ0) is 21.0. The van der Waals surface area contributed by atoms with Crippen LogP contribution in [-0.4, -0.2) is 52.2 Å². The molecule has 2 unspecified atom stereocenters. The van der Waals surface area contributed by atoms with Crippen molar-refractivity contribution in [1.29, 1.82) is 0 Å². The molecule has 0 aliphatic carbocycles. The fourth-order valence-corrected chi connectivity index (χ4v) is 4.94. The van der Waals surface area contributed by atoms with Crippen molar-refractivity contribution in [2.24, 2.45) is 4.99 Å². The summed E-state index contributed by atoms with van der Waals surface area (Å²) >= 11 is 1.73. The average molecular weight is 550 g/mol. The van der Waals surface area contributed by atoms with Gasteiger partial charge >= 0.3 is 6.09 Å². The summed E-state index contributed by atoms with van der Waals surface area (Å²) in [6, 6.07) is 0.802. The van der Waals surface area contributed by atoms with E-state index in [1.165, 1.54) is 4.88 Å². The number of piperidine rings is 1. The van der Waals surface area contributed by atoms with Gasteiger partial charge in [-0.1, -0.05) is 6.92 Å². The average Bonchev–Trinajstić information content (AvgIpc) is 3.21. The molecule has 2 aliphatic rings. The van der Waals surface area contributed by atoms with Crippen LogP contribution in [0.1, 0.15) is 70.2 Å². The number of ether oxygens (including phenoxy) is 1. The summed E-state index contributed by atoms with van der Waals surface area (Å²) < 4.78 is 5.64. The van der Waals surface area contributed by atoms with Gasteiger partial charge in [0.1, 0.15) is 10.6 Å². The summed E-state index contributed by atoms with van der Waals surface area (Å²) in [5, 5.41) is 7.98. The second-order valence-electron chi connectivity index (χ2n) is 8.85. The number of hydrogen-bond donors (Lipinski definition) is 2. The second kappa shape index (κ2) is 11.0. The molecule has 1 aromatic heterocycles. The van der Waals surface area contributed by atoms with Crippen molar-refractivity contribution in [2.75, 3.05) is 6.54 Å². The Morgan fingerprint density at radius 3 is 2.50 bits per heavy atom. The number of carbonyl (C=O) groups is 1. The fourth-order valence-electron chi connectivity index (χ4n) is 4.15. The van der Waals surface area contributed by atoms with Crippen LogP contribution < -0.4 is 10.6 Å². The van der Waals surface area contributed by atoms with Crippen molar-refractivity contribution in [3.63, 3.8) is 0 Å². The Morgan fingerprint density at radius 2 is 1.97 bits per heavy atom. The SMILES string of the molecule is CCNC(=NCc1ncc(CC)s1)NC1CC2CCC(C1)N2C(=O)OC(C)(C)C.I. The first-order chi connectivity index (χ1) is 13.8. The van der Waals surface area contributed by atoms with Gasteiger partial charge in [0.15, 0.2) is 5.96 Å². The van der Waals surface area contributed by atoms with E-state index in [0.29, 0.717) is 12.6 Å². The van der Waals surface area contributed by atoms with Gasteiger partial charge < -0.3 is 20.3 Å². The molecule has 0 saturated carbocycles. The lowest BCUT2D eigenvalue weighted by atomic mass is 9.98. The number of hydrogen-bond acceptors (Lipinski definition) is 5. The maximum Gasteiger partial charge on any atom is 0.410 e.